The third-order valence-corrected chi connectivity index (χ3v) is 3.93. The molecule has 6 nitrogen and oxygen atoms in total. The van der Waals surface area contributed by atoms with Crippen LogP contribution >= 0.6 is 0 Å². The molecule has 1 heterocycles. The van der Waals surface area contributed by atoms with Crippen molar-refractivity contribution in [2.45, 2.75) is 33.8 Å². The molecular weight excluding hydrogens is 274 g/mol. The molecule has 21 heavy (non-hydrogen) atoms. The molecule has 1 aliphatic rings. The molecule has 0 amide bonds. The summed E-state index contributed by atoms with van der Waals surface area (Å²) >= 11 is 0. The van der Waals surface area contributed by atoms with Crippen LogP contribution in [0.1, 0.15) is 39.4 Å². The standard InChI is InChI=1S/C15H17NO5/c1-14(2)11(21-13(18)15(3,4)12(14)17)9-6-5-7-10(8-9)16(19)20/h5-8,11H,1-4H3. The van der Waals surface area contributed by atoms with Crippen LogP contribution < -0.4 is 0 Å². The van der Waals surface area contributed by atoms with Crippen molar-refractivity contribution in [3.63, 3.8) is 0 Å². The van der Waals surface area contributed by atoms with Gasteiger partial charge in [-0.15, -0.1) is 0 Å². The number of ketones is 1. The summed E-state index contributed by atoms with van der Waals surface area (Å²) in [5.74, 6) is -0.842. The molecule has 1 aliphatic heterocycles. The van der Waals surface area contributed by atoms with E-state index in [0.29, 0.717) is 5.56 Å². The number of rotatable bonds is 2. The molecule has 1 aromatic rings. The van der Waals surface area contributed by atoms with Crippen LogP contribution in [0.5, 0.6) is 0 Å². The molecule has 0 saturated carbocycles. The number of nitrogens with zero attached hydrogens (tertiary/aromatic N) is 1. The van der Waals surface area contributed by atoms with Gasteiger partial charge < -0.3 is 4.74 Å². The smallest absolute Gasteiger partial charge is 0.319 e. The van der Waals surface area contributed by atoms with Crippen LogP contribution in [0.2, 0.25) is 0 Å². The molecule has 0 aliphatic carbocycles. The summed E-state index contributed by atoms with van der Waals surface area (Å²) in [6.07, 6.45) is -0.828. The van der Waals surface area contributed by atoms with Gasteiger partial charge in [0.2, 0.25) is 0 Å². The Bertz CT molecular complexity index is 633. The van der Waals surface area contributed by atoms with Gasteiger partial charge in [-0.2, -0.15) is 0 Å². The maximum Gasteiger partial charge on any atom is 0.319 e. The summed E-state index contributed by atoms with van der Waals surface area (Å²) in [6.45, 7) is 6.44. The predicted octanol–water partition coefficient (Wildman–Crippen LogP) is 2.81. The van der Waals surface area contributed by atoms with Gasteiger partial charge in [0.25, 0.3) is 5.69 Å². The van der Waals surface area contributed by atoms with Crippen LogP contribution in [0.25, 0.3) is 0 Å². The van der Waals surface area contributed by atoms with E-state index in [4.69, 9.17) is 4.74 Å². The lowest BCUT2D eigenvalue weighted by Gasteiger charge is -2.43. The van der Waals surface area contributed by atoms with Gasteiger partial charge in [-0.1, -0.05) is 12.1 Å². The van der Waals surface area contributed by atoms with Crippen LogP contribution in [0, 0.1) is 20.9 Å². The summed E-state index contributed by atoms with van der Waals surface area (Å²) < 4.78 is 5.43. The summed E-state index contributed by atoms with van der Waals surface area (Å²) in [5, 5.41) is 10.9. The van der Waals surface area contributed by atoms with E-state index in [1.807, 2.05) is 0 Å². The van der Waals surface area contributed by atoms with E-state index in [1.165, 1.54) is 32.0 Å². The maximum atomic E-state index is 12.5. The van der Waals surface area contributed by atoms with E-state index < -0.39 is 27.8 Å². The molecule has 2 rings (SSSR count). The van der Waals surface area contributed by atoms with Crippen molar-refractivity contribution in [1.82, 2.24) is 0 Å². The Balaban J connectivity index is 2.49. The summed E-state index contributed by atoms with van der Waals surface area (Å²) in [4.78, 5) is 34.9. The molecule has 6 heteroatoms. The fourth-order valence-electron chi connectivity index (χ4n) is 2.71. The molecule has 0 bridgehead atoms. The second-order valence-electron chi connectivity index (χ2n) is 6.31. The first-order chi connectivity index (χ1) is 9.58. The zero-order valence-electron chi connectivity index (χ0n) is 12.4. The Morgan fingerprint density at radius 3 is 2.38 bits per heavy atom. The molecule has 1 aromatic carbocycles. The summed E-state index contributed by atoms with van der Waals surface area (Å²) in [6, 6.07) is 5.83. The Hall–Kier alpha value is -2.24. The molecule has 0 aromatic heterocycles. The van der Waals surface area contributed by atoms with Gasteiger partial charge in [-0.05, 0) is 27.7 Å². The largest absolute Gasteiger partial charge is 0.456 e. The number of non-ortho nitro benzene ring substituents is 1. The molecule has 1 unspecified atom stereocenters. The van der Waals surface area contributed by atoms with E-state index in [2.05, 4.69) is 0 Å². The lowest BCUT2D eigenvalue weighted by molar-refractivity contribution is -0.385. The van der Waals surface area contributed by atoms with Crippen molar-refractivity contribution in [1.29, 1.82) is 0 Å². The second kappa shape index (κ2) is 4.65. The highest BCUT2D eigenvalue weighted by Crippen LogP contribution is 2.47. The average Bonchev–Trinajstić information content (AvgIpc) is 2.42. The molecule has 112 valence electrons. The van der Waals surface area contributed by atoms with Crippen molar-refractivity contribution in [3.8, 4) is 0 Å². The van der Waals surface area contributed by atoms with Crippen LogP contribution in [0.3, 0.4) is 0 Å². The van der Waals surface area contributed by atoms with Gasteiger partial charge in [-0.25, -0.2) is 0 Å². The zero-order valence-corrected chi connectivity index (χ0v) is 12.4. The minimum Gasteiger partial charge on any atom is -0.456 e. The van der Waals surface area contributed by atoms with Crippen molar-refractivity contribution < 1.29 is 19.2 Å². The van der Waals surface area contributed by atoms with E-state index in [-0.39, 0.29) is 11.5 Å². The van der Waals surface area contributed by atoms with Gasteiger partial charge in [0.15, 0.2) is 5.78 Å². The zero-order chi connectivity index (χ0) is 16.0. The van der Waals surface area contributed by atoms with E-state index in [1.54, 1.807) is 19.9 Å². The third-order valence-electron chi connectivity index (χ3n) is 3.93. The number of carbonyl (C=O) groups is 2. The van der Waals surface area contributed by atoms with Gasteiger partial charge in [0.05, 0.1) is 10.3 Å². The highest BCUT2D eigenvalue weighted by Gasteiger charge is 2.55. The van der Waals surface area contributed by atoms with E-state index >= 15 is 0 Å². The van der Waals surface area contributed by atoms with Gasteiger partial charge >= 0.3 is 5.97 Å². The minimum atomic E-state index is -1.21. The fourth-order valence-corrected chi connectivity index (χ4v) is 2.71. The fraction of sp³-hybridized carbons (Fsp3) is 0.467. The SMILES string of the molecule is CC1(C)C(=O)OC(c2cccc([N+](=O)[O-])c2)C(C)(C)C1=O. The van der Waals surface area contributed by atoms with E-state index in [0.717, 1.165) is 0 Å². The summed E-state index contributed by atoms with van der Waals surface area (Å²) in [7, 11) is 0. The first-order valence-electron chi connectivity index (χ1n) is 6.59. The number of esters is 1. The number of Topliss-reactive ketones (excluding diaryl/α,β-unsaturated/α-hetero) is 1. The monoisotopic (exact) mass is 291 g/mol. The van der Waals surface area contributed by atoms with Gasteiger partial charge in [-0.3, -0.25) is 19.7 Å². The molecule has 0 N–H and O–H groups in total. The second-order valence-corrected chi connectivity index (χ2v) is 6.31. The number of hydrogen-bond acceptors (Lipinski definition) is 5. The summed E-state index contributed by atoms with van der Waals surface area (Å²) in [5.41, 5.74) is -1.81. The van der Waals surface area contributed by atoms with Crippen LogP contribution in [-0.4, -0.2) is 16.7 Å². The number of cyclic esters (lactones) is 1. The number of hydrogen-bond donors (Lipinski definition) is 0. The van der Waals surface area contributed by atoms with Gasteiger partial charge in [0.1, 0.15) is 11.5 Å². The lowest BCUT2D eigenvalue weighted by atomic mass is 9.67. The highest BCUT2D eigenvalue weighted by molar-refractivity contribution is 6.07. The lowest BCUT2D eigenvalue weighted by Crippen LogP contribution is -2.52. The molecule has 1 saturated heterocycles. The number of carbonyl (C=O) groups excluding carboxylic acids is 2. The van der Waals surface area contributed by atoms with Crippen LogP contribution in [0.4, 0.5) is 5.69 Å². The maximum absolute atomic E-state index is 12.5. The molecule has 1 fully saturated rings. The van der Waals surface area contributed by atoms with Crippen molar-refractivity contribution >= 4 is 17.4 Å². The Kier molecular flexibility index (Phi) is 3.35. The first kappa shape index (κ1) is 15.2. The number of ether oxygens (including phenoxy) is 1. The topological polar surface area (TPSA) is 86.5 Å². The normalized spacial score (nSPS) is 23.5. The molecule has 0 spiro atoms. The molecule has 1 atom stereocenters. The van der Waals surface area contributed by atoms with Crippen molar-refractivity contribution in [2.24, 2.45) is 10.8 Å². The quantitative estimate of drug-likeness (QED) is 0.362. The number of benzene rings is 1. The molecule has 0 radical (unpaired) electrons. The number of nitro groups is 1. The highest BCUT2D eigenvalue weighted by atomic mass is 16.6. The Morgan fingerprint density at radius 1 is 1.19 bits per heavy atom. The predicted molar refractivity (Wildman–Crippen MR) is 74.5 cm³/mol. The Labute approximate surface area is 122 Å². The van der Waals surface area contributed by atoms with Gasteiger partial charge in [0, 0.05) is 17.7 Å². The number of nitro benzene ring substituents is 1. The minimum absolute atomic E-state index is 0.100. The average molecular weight is 291 g/mol. The molecular formula is C15H17NO5. The van der Waals surface area contributed by atoms with Crippen molar-refractivity contribution in [2.75, 3.05) is 0 Å². The first-order valence-corrected chi connectivity index (χ1v) is 6.59. The van der Waals surface area contributed by atoms with Crippen LogP contribution in [-0.2, 0) is 14.3 Å². The van der Waals surface area contributed by atoms with Crippen molar-refractivity contribution in [3.05, 3.63) is 39.9 Å². The Morgan fingerprint density at radius 2 is 1.81 bits per heavy atom. The third kappa shape index (κ3) is 2.30. The van der Waals surface area contributed by atoms with Crippen LogP contribution in [0.15, 0.2) is 24.3 Å². The van der Waals surface area contributed by atoms with E-state index in [9.17, 15) is 19.7 Å².